The first-order valence-electron chi connectivity index (χ1n) is 3.75. The Bertz CT molecular complexity index is 381. The highest BCUT2D eigenvalue weighted by molar-refractivity contribution is 7.91. The van der Waals surface area contributed by atoms with E-state index in [0.29, 0.717) is 11.8 Å². The van der Waals surface area contributed by atoms with E-state index in [2.05, 4.69) is 0 Å². The third kappa shape index (κ3) is 2.39. The van der Waals surface area contributed by atoms with E-state index in [1.807, 2.05) is 0 Å². The standard InChI is InChI=1S/C9H10O3S/c1-13(11,12)9(7-10)8-5-3-2-4-6-8/h2-7,9H,1H3. The van der Waals surface area contributed by atoms with Gasteiger partial charge in [0.25, 0.3) is 0 Å². The summed E-state index contributed by atoms with van der Waals surface area (Å²) in [6.07, 6.45) is 1.50. The van der Waals surface area contributed by atoms with Gasteiger partial charge in [-0.25, -0.2) is 8.42 Å². The molecule has 0 N–H and O–H groups in total. The molecular weight excluding hydrogens is 188 g/mol. The van der Waals surface area contributed by atoms with Gasteiger partial charge in [-0.1, -0.05) is 30.3 Å². The summed E-state index contributed by atoms with van der Waals surface area (Å²) in [6.45, 7) is 0. The maximum absolute atomic E-state index is 11.1. The van der Waals surface area contributed by atoms with E-state index in [4.69, 9.17) is 0 Å². The Balaban J connectivity index is 3.13. The van der Waals surface area contributed by atoms with E-state index < -0.39 is 15.1 Å². The molecule has 4 heteroatoms. The average Bonchev–Trinajstić information content (AvgIpc) is 2.05. The Morgan fingerprint density at radius 3 is 2.15 bits per heavy atom. The van der Waals surface area contributed by atoms with Gasteiger partial charge in [-0.2, -0.15) is 0 Å². The fraction of sp³-hybridized carbons (Fsp3) is 0.222. The number of aldehydes is 1. The second-order valence-corrected chi connectivity index (χ2v) is 4.96. The Labute approximate surface area is 77.3 Å². The van der Waals surface area contributed by atoms with Crippen LogP contribution in [0, 0.1) is 0 Å². The van der Waals surface area contributed by atoms with Crippen LogP contribution >= 0.6 is 0 Å². The van der Waals surface area contributed by atoms with Gasteiger partial charge in [-0.05, 0) is 5.56 Å². The molecular formula is C9H10O3S. The predicted molar refractivity (Wildman–Crippen MR) is 50.1 cm³/mol. The molecule has 0 radical (unpaired) electrons. The molecule has 1 aromatic carbocycles. The lowest BCUT2D eigenvalue weighted by Crippen LogP contribution is -2.12. The van der Waals surface area contributed by atoms with Crippen LogP contribution in [-0.2, 0) is 14.6 Å². The van der Waals surface area contributed by atoms with Crippen LogP contribution < -0.4 is 0 Å². The molecule has 0 bridgehead atoms. The Hall–Kier alpha value is -1.16. The fourth-order valence-corrected chi connectivity index (χ4v) is 1.92. The number of rotatable bonds is 3. The molecule has 1 unspecified atom stereocenters. The number of carbonyl (C=O) groups is 1. The van der Waals surface area contributed by atoms with Gasteiger partial charge in [0.1, 0.15) is 11.5 Å². The normalized spacial score (nSPS) is 13.6. The second kappa shape index (κ2) is 3.70. The van der Waals surface area contributed by atoms with Crippen molar-refractivity contribution in [2.75, 3.05) is 6.26 Å². The van der Waals surface area contributed by atoms with Crippen molar-refractivity contribution in [3.05, 3.63) is 35.9 Å². The number of hydrogen-bond acceptors (Lipinski definition) is 3. The quantitative estimate of drug-likeness (QED) is 0.680. The summed E-state index contributed by atoms with van der Waals surface area (Å²) in [7, 11) is -3.34. The minimum absolute atomic E-state index is 0.449. The topological polar surface area (TPSA) is 51.2 Å². The van der Waals surface area contributed by atoms with E-state index in [1.165, 1.54) is 0 Å². The molecule has 0 amide bonds. The highest BCUT2D eigenvalue weighted by Crippen LogP contribution is 2.18. The molecule has 0 aliphatic heterocycles. The lowest BCUT2D eigenvalue weighted by molar-refractivity contribution is -0.107. The summed E-state index contributed by atoms with van der Waals surface area (Å²) in [5.74, 6) is 0. The van der Waals surface area contributed by atoms with Crippen LogP contribution in [0.2, 0.25) is 0 Å². The van der Waals surface area contributed by atoms with Crippen LogP contribution in [0.3, 0.4) is 0 Å². The maximum Gasteiger partial charge on any atom is 0.161 e. The van der Waals surface area contributed by atoms with Crippen molar-refractivity contribution in [2.45, 2.75) is 5.25 Å². The molecule has 70 valence electrons. The number of benzene rings is 1. The van der Waals surface area contributed by atoms with Gasteiger partial charge in [0.05, 0.1) is 0 Å². The number of carbonyl (C=O) groups excluding carboxylic acids is 1. The van der Waals surface area contributed by atoms with Gasteiger partial charge in [0.2, 0.25) is 0 Å². The average molecular weight is 198 g/mol. The Kier molecular flexibility index (Phi) is 2.83. The van der Waals surface area contributed by atoms with Gasteiger partial charge in [-0.15, -0.1) is 0 Å². The molecule has 0 saturated heterocycles. The zero-order chi connectivity index (χ0) is 9.90. The van der Waals surface area contributed by atoms with E-state index >= 15 is 0 Å². The van der Waals surface area contributed by atoms with E-state index in [9.17, 15) is 13.2 Å². The van der Waals surface area contributed by atoms with Crippen molar-refractivity contribution in [2.24, 2.45) is 0 Å². The molecule has 0 aromatic heterocycles. The zero-order valence-corrected chi connectivity index (χ0v) is 7.99. The molecule has 0 fully saturated rings. The van der Waals surface area contributed by atoms with E-state index in [-0.39, 0.29) is 0 Å². The summed E-state index contributed by atoms with van der Waals surface area (Å²) in [4.78, 5) is 10.6. The van der Waals surface area contributed by atoms with Gasteiger partial charge >= 0.3 is 0 Å². The first-order valence-corrected chi connectivity index (χ1v) is 5.70. The van der Waals surface area contributed by atoms with Crippen LogP contribution in [-0.4, -0.2) is 21.0 Å². The van der Waals surface area contributed by atoms with Crippen molar-refractivity contribution in [1.29, 1.82) is 0 Å². The van der Waals surface area contributed by atoms with Gasteiger partial charge < -0.3 is 4.79 Å². The fourth-order valence-electron chi connectivity index (χ4n) is 1.07. The third-order valence-electron chi connectivity index (χ3n) is 1.71. The third-order valence-corrected chi connectivity index (χ3v) is 3.02. The predicted octanol–water partition coefficient (Wildman–Crippen LogP) is 0.971. The molecule has 0 aliphatic carbocycles. The van der Waals surface area contributed by atoms with Crippen LogP contribution in [0.15, 0.2) is 30.3 Å². The summed E-state index contributed by atoms with van der Waals surface area (Å²) in [6, 6.07) is 8.43. The van der Waals surface area contributed by atoms with E-state index in [1.54, 1.807) is 30.3 Å². The molecule has 1 aromatic rings. The first-order chi connectivity index (χ1) is 6.05. The SMILES string of the molecule is CS(=O)(=O)C(C=O)c1ccccc1. The molecule has 13 heavy (non-hydrogen) atoms. The van der Waals surface area contributed by atoms with Gasteiger partial charge in [0.15, 0.2) is 9.84 Å². The molecule has 1 atom stereocenters. The minimum atomic E-state index is -3.34. The molecule has 0 spiro atoms. The van der Waals surface area contributed by atoms with E-state index in [0.717, 1.165) is 6.26 Å². The second-order valence-electron chi connectivity index (χ2n) is 2.80. The van der Waals surface area contributed by atoms with Crippen LogP contribution in [0.5, 0.6) is 0 Å². The van der Waals surface area contributed by atoms with Crippen molar-refractivity contribution < 1.29 is 13.2 Å². The van der Waals surface area contributed by atoms with Crippen molar-refractivity contribution in [3.8, 4) is 0 Å². The van der Waals surface area contributed by atoms with Crippen LogP contribution in [0.1, 0.15) is 10.8 Å². The maximum atomic E-state index is 11.1. The van der Waals surface area contributed by atoms with Crippen LogP contribution in [0.4, 0.5) is 0 Å². The monoisotopic (exact) mass is 198 g/mol. The van der Waals surface area contributed by atoms with Crippen molar-refractivity contribution >= 4 is 16.1 Å². The Morgan fingerprint density at radius 2 is 1.77 bits per heavy atom. The highest BCUT2D eigenvalue weighted by atomic mass is 32.2. The summed E-state index contributed by atoms with van der Waals surface area (Å²) < 4.78 is 22.3. The summed E-state index contributed by atoms with van der Waals surface area (Å²) in [5.41, 5.74) is 0.514. The molecule has 0 heterocycles. The summed E-state index contributed by atoms with van der Waals surface area (Å²) in [5, 5.41) is -1.03. The van der Waals surface area contributed by atoms with Gasteiger partial charge in [0, 0.05) is 6.26 Å². The highest BCUT2D eigenvalue weighted by Gasteiger charge is 2.21. The lowest BCUT2D eigenvalue weighted by Gasteiger charge is -2.07. The van der Waals surface area contributed by atoms with Crippen molar-refractivity contribution in [1.82, 2.24) is 0 Å². The summed E-state index contributed by atoms with van der Waals surface area (Å²) >= 11 is 0. The smallest absolute Gasteiger partial charge is 0.161 e. The largest absolute Gasteiger partial charge is 0.302 e. The van der Waals surface area contributed by atoms with Crippen molar-refractivity contribution in [3.63, 3.8) is 0 Å². The molecule has 1 rings (SSSR count). The Morgan fingerprint density at radius 1 is 1.23 bits per heavy atom. The number of hydrogen-bond donors (Lipinski definition) is 0. The zero-order valence-electron chi connectivity index (χ0n) is 7.17. The number of sulfone groups is 1. The lowest BCUT2D eigenvalue weighted by atomic mass is 10.2. The minimum Gasteiger partial charge on any atom is -0.302 e. The molecule has 3 nitrogen and oxygen atoms in total. The van der Waals surface area contributed by atoms with Crippen LogP contribution in [0.25, 0.3) is 0 Å². The first kappa shape index (κ1) is 9.92. The molecule has 0 saturated carbocycles. The van der Waals surface area contributed by atoms with Gasteiger partial charge in [-0.3, -0.25) is 0 Å². The molecule has 0 aliphatic rings.